The Balaban J connectivity index is 3.14. The highest BCUT2D eigenvalue weighted by Crippen LogP contribution is 2.24. The van der Waals surface area contributed by atoms with Crippen molar-refractivity contribution in [3.05, 3.63) is 5.82 Å². The summed E-state index contributed by atoms with van der Waals surface area (Å²) in [6, 6.07) is -0.349. The third kappa shape index (κ3) is 3.95. The molecule has 0 N–H and O–H groups in total. The van der Waals surface area contributed by atoms with Crippen LogP contribution in [0.3, 0.4) is 0 Å². The number of rotatable bonds is 2. The van der Waals surface area contributed by atoms with Gasteiger partial charge in [0.2, 0.25) is 5.16 Å². The van der Waals surface area contributed by atoms with Crippen molar-refractivity contribution in [3.63, 3.8) is 0 Å². The average Bonchev–Trinajstić information content (AvgIpc) is 2.68. The van der Waals surface area contributed by atoms with Crippen LogP contribution >= 0.6 is 12.0 Å². The fourth-order valence-electron chi connectivity index (χ4n) is 1.08. The summed E-state index contributed by atoms with van der Waals surface area (Å²) >= 11 is 0.730. The molecule has 0 aliphatic heterocycles. The van der Waals surface area contributed by atoms with Crippen LogP contribution in [0.5, 0.6) is 0 Å². The number of carbonyl (C=O) groups is 2. The summed E-state index contributed by atoms with van der Waals surface area (Å²) in [5.41, 5.74) is -0.302. The molecule has 0 spiro atoms. The minimum Gasteiger partial charge on any atom is -0.383 e. The molecule has 0 bridgehead atoms. The van der Waals surface area contributed by atoms with E-state index in [-0.39, 0.29) is 16.6 Å². The molecule has 0 aliphatic rings. The van der Waals surface area contributed by atoms with Crippen molar-refractivity contribution in [2.24, 2.45) is 0 Å². The molecular weight excluding hydrogens is 268 g/mol. The molecule has 0 aromatic carbocycles. The van der Waals surface area contributed by atoms with Crippen LogP contribution in [0.2, 0.25) is 0 Å². The van der Waals surface area contributed by atoms with Gasteiger partial charge in [-0.15, -0.1) is 5.10 Å². The molecule has 0 radical (unpaired) electrons. The van der Waals surface area contributed by atoms with Crippen molar-refractivity contribution in [1.82, 2.24) is 19.7 Å². The summed E-state index contributed by atoms with van der Waals surface area (Å²) in [5.74, 6) is 0.0477. The second kappa shape index (κ2) is 5.60. The number of nitrogens with zero attached hydrogens (tertiary/aromatic N) is 4. The van der Waals surface area contributed by atoms with E-state index in [2.05, 4.69) is 10.1 Å². The second-order valence-corrected chi connectivity index (χ2v) is 5.91. The van der Waals surface area contributed by atoms with E-state index in [9.17, 15) is 9.59 Å². The van der Waals surface area contributed by atoms with Gasteiger partial charge in [-0.3, -0.25) is 4.79 Å². The van der Waals surface area contributed by atoms with Gasteiger partial charge in [0, 0.05) is 26.4 Å². The molecule has 1 aromatic rings. The summed E-state index contributed by atoms with van der Waals surface area (Å²) in [6.45, 7) is 7.10. The van der Waals surface area contributed by atoms with Crippen molar-refractivity contribution in [2.75, 3.05) is 14.1 Å². The standard InChI is InChI=1S/C11H18N4O3S/c1-7(16)18-19-9-12-8(11(2,3)4)13-15(9)10(17)14(5)6/h1-6H3. The molecule has 106 valence electrons. The van der Waals surface area contributed by atoms with Crippen LogP contribution in [-0.4, -0.2) is 45.8 Å². The fourth-order valence-corrected chi connectivity index (χ4v) is 1.58. The Labute approximate surface area is 116 Å². The Hall–Kier alpha value is -1.57. The lowest BCUT2D eigenvalue weighted by atomic mass is 9.96. The van der Waals surface area contributed by atoms with Gasteiger partial charge in [-0.1, -0.05) is 20.8 Å². The van der Waals surface area contributed by atoms with Gasteiger partial charge in [-0.05, 0) is 0 Å². The lowest BCUT2D eigenvalue weighted by Gasteiger charge is -2.12. The normalized spacial score (nSPS) is 11.3. The van der Waals surface area contributed by atoms with E-state index in [1.54, 1.807) is 14.1 Å². The Morgan fingerprint density at radius 1 is 1.32 bits per heavy atom. The molecule has 0 unspecified atom stereocenters. The maximum absolute atomic E-state index is 12.0. The van der Waals surface area contributed by atoms with Gasteiger partial charge in [0.05, 0.1) is 0 Å². The predicted octanol–water partition coefficient (Wildman–Crippen LogP) is 1.68. The molecule has 0 saturated carbocycles. The Kier molecular flexibility index (Phi) is 4.56. The number of amides is 1. The average molecular weight is 286 g/mol. The SMILES string of the molecule is CC(=O)OSc1nc(C(C)(C)C)nn1C(=O)N(C)C. The summed E-state index contributed by atoms with van der Waals surface area (Å²) in [4.78, 5) is 28.4. The van der Waals surface area contributed by atoms with Gasteiger partial charge in [-0.2, -0.15) is 4.68 Å². The predicted molar refractivity (Wildman–Crippen MR) is 70.8 cm³/mol. The smallest absolute Gasteiger partial charge is 0.346 e. The van der Waals surface area contributed by atoms with Crippen LogP contribution in [0.15, 0.2) is 5.16 Å². The second-order valence-electron chi connectivity index (χ2n) is 5.22. The number of carbonyl (C=O) groups excluding carboxylic acids is 2. The summed E-state index contributed by atoms with van der Waals surface area (Å²) < 4.78 is 5.94. The van der Waals surface area contributed by atoms with Gasteiger partial charge in [0.1, 0.15) is 12.0 Å². The lowest BCUT2D eigenvalue weighted by molar-refractivity contribution is -0.130. The summed E-state index contributed by atoms with van der Waals surface area (Å²) in [6.07, 6.45) is 0. The van der Waals surface area contributed by atoms with Gasteiger partial charge in [0.15, 0.2) is 5.82 Å². The van der Waals surface area contributed by atoms with Crippen LogP contribution in [0, 0.1) is 0 Å². The van der Waals surface area contributed by atoms with Gasteiger partial charge < -0.3 is 9.08 Å². The van der Waals surface area contributed by atoms with Crippen LogP contribution in [0.1, 0.15) is 33.5 Å². The Morgan fingerprint density at radius 3 is 2.32 bits per heavy atom. The van der Waals surface area contributed by atoms with E-state index in [0.717, 1.165) is 16.7 Å². The van der Waals surface area contributed by atoms with Crippen molar-refractivity contribution in [1.29, 1.82) is 0 Å². The maximum atomic E-state index is 12.0. The van der Waals surface area contributed by atoms with E-state index in [1.165, 1.54) is 11.8 Å². The maximum Gasteiger partial charge on any atom is 0.346 e. The third-order valence-corrected chi connectivity index (χ3v) is 2.78. The number of hydrogen-bond acceptors (Lipinski definition) is 6. The first-order valence-electron chi connectivity index (χ1n) is 5.67. The molecule has 8 heteroatoms. The quantitative estimate of drug-likeness (QED) is 0.770. The first-order valence-corrected chi connectivity index (χ1v) is 6.41. The first kappa shape index (κ1) is 15.5. The van der Waals surface area contributed by atoms with Crippen molar-refractivity contribution >= 4 is 24.0 Å². The van der Waals surface area contributed by atoms with E-state index in [1.807, 2.05) is 20.8 Å². The molecule has 19 heavy (non-hydrogen) atoms. The van der Waals surface area contributed by atoms with Gasteiger partial charge in [0.25, 0.3) is 0 Å². The van der Waals surface area contributed by atoms with E-state index < -0.39 is 5.97 Å². The number of aromatic nitrogens is 3. The summed E-state index contributed by atoms with van der Waals surface area (Å²) in [5, 5.41) is 4.42. The minimum atomic E-state index is -0.464. The number of hydrogen-bond donors (Lipinski definition) is 0. The monoisotopic (exact) mass is 286 g/mol. The first-order chi connectivity index (χ1) is 8.62. The van der Waals surface area contributed by atoms with Crippen LogP contribution < -0.4 is 0 Å². The van der Waals surface area contributed by atoms with Gasteiger partial charge in [-0.25, -0.2) is 9.78 Å². The molecule has 0 fully saturated rings. The highest BCUT2D eigenvalue weighted by molar-refractivity contribution is 7.94. The van der Waals surface area contributed by atoms with Crippen LogP contribution in [0.25, 0.3) is 0 Å². The molecule has 1 aromatic heterocycles. The molecular formula is C11H18N4O3S. The van der Waals surface area contributed by atoms with E-state index in [4.69, 9.17) is 4.18 Å². The summed E-state index contributed by atoms with van der Waals surface area (Å²) in [7, 11) is 3.22. The van der Waals surface area contributed by atoms with Crippen molar-refractivity contribution in [2.45, 2.75) is 38.3 Å². The van der Waals surface area contributed by atoms with E-state index in [0.29, 0.717) is 5.82 Å². The van der Waals surface area contributed by atoms with Crippen LogP contribution in [0.4, 0.5) is 4.79 Å². The third-order valence-electron chi connectivity index (χ3n) is 2.05. The van der Waals surface area contributed by atoms with Gasteiger partial charge >= 0.3 is 12.0 Å². The largest absolute Gasteiger partial charge is 0.383 e. The topological polar surface area (TPSA) is 77.3 Å². The molecule has 0 atom stereocenters. The fraction of sp³-hybridized carbons (Fsp3) is 0.636. The lowest BCUT2D eigenvalue weighted by Crippen LogP contribution is -2.29. The van der Waals surface area contributed by atoms with E-state index >= 15 is 0 Å². The molecule has 0 aliphatic carbocycles. The highest BCUT2D eigenvalue weighted by Gasteiger charge is 2.26. The highest BCUT2D eigenvalue weighted by atomic mass is 32.2. The van der Waals surface area contributed by atoms with Crippen molar-refractivity contribution < 1.29 is 13.8 Å². The zero-order valence-corrected chi connectivity index (χ0v) is 12.7. The molecule has 7 nitrogen and oxygen atoms in total. The Morgan fingerprint density at radius 2 is 1.89 bits per heavy atom. The van der Waals surface area contributed by atoms with Crippen LogP contribution in [-0.2, 0) is 14.4 Å². The zero-order chi connectivity index (χ0) is 14.8. The zero-order valence-electron chi connectivity index (χ0n) is 11.9. The molecule has 1 heterocycles. The minimum absolute atomic E-state index is 0.235. The van der Waals surface area contributed by atoms with Crippen molar-refractivity contribution in [3.8, 4) is 0 Å². The molecule has 0 saturated heterocycles. The molecule has 1 rings (SSSR count). The Bertz CT molecular complexity index is 491. The molecule has 1 amide bonds.